The van der Waals surface area contributed by atoms with Crippen molar-refractivity contribution in [2.75, 3.05) is 12.4 Å². The average Bonchev–Trinajstić information content (AvgIpc) is 2.73. The molecule has 102 valence electrons. The molecule has 0 aliphatic heterocycles. The van der Waals surface area contributed by atoms with Crippen molar-refractivity contribution in [3.63, 3.8) is 0 Å². The van der Waals surface area contributed by atoms with E-state index in [0.717, 1.165) is 16.8 Å². The molecular formula is C15H16N4O. The van der Waals surface area contributed by atoms with Crippen molar-refractivity contribution in [1.82, 2.24) is 14.1 Å². The minimum absolute atomic E-state index is 0.0513. The van der Waals surface area contributed by atoms with E-state index in [4.69, 9.17) is 0 Å². The third kappa shape index (κ3) is 1.97. The van der Waals surface area contributed by atoms with Gasteiger partial charge >= 0.3 is 5.69 Å². The van der Waals surface area contributed by atoms with Crippen molar-refractivity contribution in [2.45, 2.75) is 6.54 Å². The predicted octanol–water partition coefficient (Wildman–Crippen LogP) is 1.82. The summed E-state index contributed by atoms with van der Waals surface area (Å²) >= 11 is 0. The Kier molecular flexibility index (Phi) is 3.02. The number of aromatic nitrogens is 3. The van der Waals surface area contributed by atoms with Crippen molar-refractivity contribution in [1.29, 1.82) is 0 Å². The van der Waals surface area contributed by atoms with Crippen LogP contribution in [0.25, 0.3) is 11.2 Å². The minimum atomic E-state index is -0.0513. The molecule has 0 aliphatic rings. The molecule has 5 nitrogen and oxygen atoms in total. The molecule has 0 fully saturated rings. The van der Waals surface area contributed by atoms with E-state index in [1.54, 1.807) is 22.4 Å². The van der Waals surface area contributed by atoms with Crippen LogP contribution in [0, 0.1) is 0 Å². The highest BCUT2D eigenvalue weighted by Crippen LogP contribution is 2.16. The van der Waals surface area contributed by atoms with Crippen LogP contribution < -0.4 is 11.0 Å². The average molecular weight is 268 g/mol. The topological polar surface area (TPSA) is 51.9 Å². The maximum absolute atomic E-state index is 12.4. The molecule has 0 unspecified atom stereocenters. The number of anilines is 1. The third-order valence-electron chi connectivity index (χ3n) is 3.45. The van der Waals surface area contributed by atoms with Gasteiger partial charge in [-0.3, -0.25) is 9.13 Å². The Morgan fingerprint density at radius 1 is 1.25 bits per heavy atom. The van der Waals surface area contributed by atoms with Gasteiger partial charge in [0.05, 0.1) is 23.9 Å². The van der Waals surface area contributed by atoms with Gasteiger partial charge in [0.25, 0.3) is 0 Å². The van der Waals surface area contributed by atoms with Crippen LogP contribution in [0.4, 0.5) is 5.69 Å². The summed E-state index contributed by atoms with van der Waals surface area (Å²) in [4.78, 5) is 16.7. The monoisotopic (exact) mass is 268 g/mol. The Morgan fingerprint density at radius 3 is 2.70 bits per heavy atom. The highest BCUT2D eigenvalue weighted by molar-refractivity contribution is 5.75. The molecule has 1 N–H and O–H groups in total. The summed E-state index contributed by atoms with van der Waals surface area (Å²) in [5, 5.41) is 3.05. The molecular weight excluding hydrogens is 252 g/mol. The molecule has 3 aromatic rings. The van der Waals surface area contributed by atoms with Gasteiger partial charge in [0, 0.05) is 14.1 Å². The molecule has 0 amide bonds. The van der Waals surface area contributed by atoms with E-state index in [1.807, 2.05) is 43.4 Å². The van der Waals surface area contributed by atoms with Gasteiger partial charge < -0.3 is 5.32 Å². The van der Waals surface area contributed by atoms with Crippen molar-refractivity contribution in [3.05, 3.63) is 58.6 Å². The molecule has 0 aliphatic carbocycles. The smallest absolute Gasteiger partial charge is 0.330 e. The van der Waals surface area contributed by atoms with E-state index in [-0.39, 0.29) is 5.69 Å². The summed E-state index contributed by atoms with van der Waals surface area (Å²) in [6.07, 6.45) is 1.73. The number of nitrogens with one attached hydrogen (secondary N) is 1. The summed E-state index contributed by atoms with van der Waals surface area (Å²) in [6.45, 7) is 0.547. The van der Waals surface area contributed by atoms with E-state index in [1.165, 1.54) is 0 Å². The Labute approximate surface area is 116 Å². The van der Waals surface area contributed by atoms with E-state index >= 15 is 0 Å². The predicted molar refractivity (Wildman–Crippen MR) is 80.1 cm³/mol. The van der Waals surface area contributed by atoms with Crippen LogP contribution in [0.15, 0.2) is 47.4 Å². The Hall–Kier alpha value is -2.56. The highest BCUT2D eigenvalue weighted by Gasteiger charge is 2.12. The van der Waals surface area contributed by atoms with Gasteiger partial charge in [-0.25, -0.2) is 9.78 Å². The fourth-order valence-corrected chi connectivity index (χ4v) is 2.33. The van der Waals surface area contributed by atoms with Gasteiger partial charge in [0.15, 0.2) is 5.65 Å². The van der Waals surface area contributed by atoms with E-state index in [2.05, 4.69) is 10.3 Å². The second-order valence-electron chi connectivity index (χ2n) is 4.73. The highest BCUT2D eigenvalue weighted by atomic mass is 16.1. The molecule has 1 aromatic carbocycles. The molecule has 3 rings (SSSR count). The first-order valence-electron chi connectivity index (χ1n) is 6.47. The zero-order valence-electron chi connectivity index (χ0n) is 11.5. The van der Waals surface area contributed by atoms with Crippen LogP contribution in [-0.2, 0) is 13.6 Å². The van der Waals surface area contributed by atoms with E-state index < -0.39 is 0 Å². The third-order valence-corrected chi connectivity index (χ3v) is 3.45. The molecule has 0 saturated heterocycles. The maximum Gasteiger partial charge on any atom is 0.330 e. The molecule has 5 heteroatoms. The van der Waals surface area contributed by atoms with Crippen molar-refractivity contribution >= 4 is 16.9 Å². The van der Waals surface area contributed by atoms with Crippen LogP contribution in [0.5, 0.6) is 0 Å². The summed E-state index contributed by atoms with van der Waals surface area (Å²) in [5.74, 6) is 0. The summed E-state index contributed by atoms with van der Waals surface area (Å²) in [7, 11) is 3.59. The summed E-state index contributed by atoms with van der Waals surface area (Å²) in [6, 6.07) is 11.9. The zero-order chi connectivity index (χ0) is 14.1. The number of hydrogen-bond acceptors (Lipinski definition) is 3. The Bertz CT molecular complexity index is 802. The number of pyridine rings is 1. The zero-order valence-corrected chi connectivity index (χ0v) is 11.5. The van der Waals surface area contributed by atoms with Gasteiger partial charge in [-0.2, -0.15) is 0 Å². The molecule has 0 atom stereocenters. The van der Waals surface area contributed by atoms with Crippen molar-refractivity contribution in [3.8, 4) is 0 Å². The molecule has 0 saturated carbocycles. The van der Waals surface area contributed by atoms with Gasteiger partial charge in [-0.1, -0.05) is 30.3 Å². The molecule has 0 bridgehead atoms. The first kappa shape index (κ1) is 12.5. The number of rotatable bonds is 3. The van der Waals surface area contributed by atoms with Crippen molar-refractivity contribution in [2.24, 2.45) is 7.05 Å². The normalized spacial score (nSPS) is 10.9. The number of imidazole rings is 1. The van der Waals surface area contributed by atoms with Crippen LogP contribution in [0.3, 0.4) is 0 Å². The van der Waals surface area contributed by atoms with Gasteiger partial charge in [0.2, 0.25) is 0 Å². The lowest BCUT2D eigenvalue weighted by Gasteiger charge is -2.04. The van der Waals surface area contributed by atoms with E-state index in [9.17, 15) is 4.79 Å². The number of hydrogen-bond donors (Lipinski definition) is 1. The van der Waals surface area contributed by atoms with Gasteiger partial charge in [-0.05, 0) is 11.6 Å². The lowest BCUT2D eigenvalue weighted by molar-refractivity contribution is 0.734. The Balaban J connectivity index is 2.18. The van der Waals surface area contributed by atoms with Crippen molar-refractivity contribution < 1.29 is 0 Å². The number of aryl methyl sites for hydroxylation is 1. The van der Waals surface area contributed by atoms with Crippen LogP contribution >= 0.6 is 0 Å². The number of fused-ring (bicyclic) bond motifs is 1. The number of nitrogens with zero attached hydrogens (tertiary/aromatic N) is 3. The fraction of sp³-hybridized carbons (Fsp3) is 0.200. The van der Waals surface area contributed by atoms with Gasteiger partial charge in [0.1, 0.15) is 0 Å². The molecule has 0 radical (unpaired) electrons. The molecule has 2 heterocycles. The van der Waals surface area contributed by atoms with E-state index in [0.29, 0.717) is 12.2 Å². The fourth-order valence-electron chi connectivity index (χ4n) is 2.33. The summed E-state index contributed by atoms with van der Waals surface area (Å²) in [5.41, 5.74) is 3.48. The van der Waals surface area contributed by atoms with Gasteiger partial charge in [-0.15, -0.1) is 0 Å². The Morgan fingerprint density at radius 2 is 2.00 bits per heavy atom. The largest absolute Gasteiger partial charge is 0.387 e. The minimum Gasteiger partial charge on any atom is -0.387 e. The van der Waals surface area contributed by atoms with Crippen LogP contribution in [0.1, 0.15) is 5.56 Å². The number of benzene rings is 1. The lowest BCUT2D eigenvalue weighted by Crippen LogP contribution is -2.22. The standard InChI is InChI=1S/C15H16N4O/c1-16-12-8-13-14(17-9-12)18(2)15(20)19(13)10-11-6-4-3-5-7-11/h3-9,16H,10H2,1-2H3. The molecule has 0 spiro atoms. The lowest BCUT2D eigenvalue weighted by atomic mass is 10.2. The maximum atomic E-state index is 12.4. The summed E-state index contributed by atoms with van der Waals surface area (Å²) < 4.78 is 3.33. The first-order chi connectivity index (χ1) is 9.70. The van der Waals surface area contributed by atoms with Crippen LogP contribution in [0.2, 0.25) is 0 Å². The quantitative estimate of drug-likeness (QED) is 0.788. The van der Waals surface area contributed by atoms with Crippen LogP contribution in [-0.4, -0.2) is 21.2 Å². The first-order valence-corrected chi connectivity index (χ1v) is 6.47. The molecule has 20 heavy (non-hydrogen) atoms. The molecule has 2 aromatic heterocycles. The second-order valence-corrected chi connectivity index (χ2v) is 4.73. The second kappa shape index (κ2) is 4.85. The SMILES string of the molecule is CNc1cnc2c(c1)n(Cc1ccccc1)c(=O)n2C.